The van der Waals surface area contributed by atoms with Crippen LogP contribution in [0.25, 0.3) is 11.1 Å². The minimum atomic E-state index is -1.15. The lowest BCUT2D eigenvalue weighted by Gasteiger charge is -2.18. The van der Waals surface area contributed by atoms with Crippen molar-refractivity contribution in [3.63, 3.8) is 0 Å². The second-order valence-electron chi connectivity index (χ2n) is 7.60. The summed E-state index contributed by atoms with van der Waals surface area (Å²) in [6.07, 6.45) is -0.690. The maximum absolute atomic E-state index is 12.5. The lowest BCUT2D eigenvalue weighted by atomic mass is 9.98. The van der Waals surface area contributed by atoms with Crippen LogP contribution in [0.15, 0.2) is 66.7 Å². The summed E-state index contributed by atoms with van der Waals surface area (Å²) in [6, 6.07) is 20.3. The number of carbonyl (C=O) groups excluding carboxylic acids is 1. The molecule has 3 aromatic carbocycles. The van der Waals surface area contributed by atoms with Gasteiger partial charge in [-0.05, 0) is 46.4 Å². The Balaban J connectivity index is 1.45. The van der Waals surface area contributed by atoms with Crippen LogP contribution >= 0.6 is 11.6 Å². The number of alkyl carbamates (subject to hydrolysis) is 1. The lowest BCUT2D eigenvalue weighted by molar-refractivity contribution is -0.139. The molecule has 0 saturated heterocycles. The average molecular weight is 436 g/mol. The molecule has 158 valence electrons. The summed E-state index contributed by atoms with van der Waals surface area (Å²) in [5.41, 5.74) is 6.01. The molecule has 1 aliphatic carbocycles. The summed E-state index contributed by atoms with van der Waals surface area (Å²) in [5.74, 6) is -1.24. The molecule has 31 heavy (non-hydrogen) atoms. The van der Waals surface area contributed by atoms with E-state index in [9.17, 15) is 14.7 Å². The minimum absolute atomic E-state index is 0.0744. The predicted octanol–water partition coefficient (Wildman–Crippen LogP) is 5.18. The van der Waals surface area contributed by atoms with Gasteiger partial charge in [-0.2, -0.15) is 0 Å². The highest BCUT2D eigenvalue weighted by Crippen LogP contribution is 2.44. The summed E-state index contributed by atoms with van der Waals surface area (Å²) < 4.78 is 5.47. The number of halogens is 1. The van der Waals surface area contributed by atoms with Crippen LogP contribution in [0.2, 0.25) is 5.02 Å². The zero-order valence-corrected chi connectivity index (χ0v) is 17.7. The molecule has 0 fully saturated rings. The van der Waals surface area contributed by atoms with Gasteiger partial charge in [-0.25, -0.2) is 9.59 Å². The van der Waals surface area contributed by atoms with E-state index in [0.717, 1.165) is 27.8 Å². The number of carbonyl (C=O) groups is 2. The number of hydrogen-bond acceptors (Lipinski definition) is 3. The van der Waals surface area contributed by atoms with Gasteiger partial charge in [0.1, 0.15) is 12.6 Å². The van der Waals surface area contributed by atoms with Gasteiger partial charge in [0, 0.05) is 17.4 Å². The molecule has 4 rings (SSSR count). The Morgan fingerprint density at radius 1 is 1.00 bits per heavy atom. The predicted molar refractivity (Wildman–Crippen MR) is 120 cm³/mol. The third kappa shape index (κ3) is 4.28. The van der Waals surface area contributed by atoms with Crippen LogP contribution in [0.1, 0.15) is 28.2 Å². The Kier molecular flexibility index (Phi) is 5.96. The topological polar surface area (TPSA) is 75.6 Å². The van der Waals surface area contributed by atoms with Gasteiger partial charge in [0.05, 0.1) is 0 Å². The number of benzene rings is 3. The number of amides is 1. The standard InChI is InChI=1S/C25H22ClNO4/c1-15-7-6-12-22(26)20(15)13-23(24(28)29)27-25(30)31-14-21-18-10-4-2-8-16(18)17-9-3-5-11-19(17)21/h2-12,21,23H,13-14H2,1H3,(H,27,30)(H,28,29). The van der Waals surface area contributed by atoms with E-state index >= 15 is 0 Å². The molecule has 1 aliphatic rings. The van der Waals surface area contributed by atoms with E-state index in [0.29, 0.717) is 10.6 Å². The van der Waals surface area contributed by atoms with Crippen LogP contribution in [0, 0.1) is 6.92 Å². The van der Waals surface area contributed by atoms with E-state index in [2.05, 4.69) is 17.4 Å². The van der Waals surface area contributed by atoms with Gasteiger partial charge < -0.3 is 15.2 Å². The van der Waals surface area contributed by atoms with E-state index in [1.165, 1.54) is 0 Å². The van der Waals surface area contributed by atoms with Crippen LogP contribution in [0.3, 0.4) is 0 Å². The number of carboxylic acids is 1. The molecule has 6 heteroatoms. The first-order valence-corrected chi connectivity index (χ1v) is 10.4. The Bertz CT molecular complexity index is 1080. The molecule has 0 aromatic heterocycles. The smallest absolute Gasteiger partial charge is 0.407 e. The third-order valence-electron chi connectivity index (χ3n) is 5.70. The molecule has 0 spiro atoms. The van der Waals surface area contributed by atoms with Crippen molar-refractivity contribution in [2.75, 3.05) is 6.61 Å². The van der Waals surface area contributed by atoms with Crippen LogP contribution in [-0.4, -0.2) is 29.8 Å². The zero-order chi connectivity index (χ0) is 22.0. The average Bonchev–Trinajstić information content (AvgIpc) is 3.08. The number of hydrogen-bond donors (Lipinski definition) is 2. The molecule has 1 atom stereocenters. The zero-order valence-electron chi connectivity index (χ0n) is 17.0. The van der Waals surface area contributed by atoms with Crippen LogP contribution in [0.4, 0.5) is 4.79 Å². The molecular formula is C25H22ClNO4. The number of fused-ring (bicyclic) bond motifs is 3. The molecular weight excluding hydrogens is 414 g/mol. The molecule has 0 saturated carbocycles. The number of carboxylic acid groups (broad SMARTS) is 1. The van der Waals surface area contributed by atoms with E-state index in [-0.39, 0.29) is 18.9 Å². The minimum Gasteiger partial charge on any atom is -0.480 e. The summed E-state index contributed by atoms with van der Waals surface area (Å²) >= 11 is 6.22. The molecule has 3 aromatic rings. The highest BCUT2D eigenvalue weighted by molar-refractivity contribution is 6.31. The number of aliphatic carboxylic acids is 1. The van der Waals surface area contributed by atoms with Crippen LogP contribution in [0.5, 0.6) is 0 Å². The maximum atomic E-state index is 12.5. The summed E-state index contributed by atoms with van der Waals surface area (Å²) in [7, 11) is 0. The molecule has 1 amide bonds. The Labute approximate surface area is 185 Å². The molecule has 0 bridgehead atoms. The van der Waals surface area contributed by atoms with Gasteiger partial charge in [0.15, 0.2) is 0 Å². The first kappa shape index (κ1) is 20.9. The fourth-order valence-corrected chi connectivity index (χ4v) is 4.41. The Hall–Kier alpha value is -3.31. The van der Waals surface area contributed by atoms with Gasteiger partial charge in [-0.1, -0.05) is 72.3 Å². The fraction of sp³-hybridized carbons (Fsp3) is 0.200. The fourth-order valence-electron chi connectivity index (χ4n) is 4.11. The van der Waals surface area contributed by atoms with E-state index in [4.69, 9.17) is 16.3 Å². The van der Waals surface area contributed by atoms with Gasteiger partial charge >= 0.3 is 12.1 Å². The molecule has 5 nitrogen and oxygen atoms in total. The second-order valence-corrected chi connectivity index (χ2v) is 8.01. The first-order valence-electron chi connectivity index (χ1n) is 10.0. The lowest BCUT2D eigenvalue weighted by Crippen LogP contribution is -2.43. The number of rotatable bonds is 6. The second kappa shape index (κ2) is 8.82. The van der Waals surface area contributed by atoms with Gasteiger partial charge in [0.25, 0.3) is 0 Å². The monoisotopic (exact) mass is 435 g/mol. The van der Waals surface area contributed by atoms with E-state index in [1.54, 1.807) is 12.1 Å². The summed E-state index contributed by atoms with van der Waals surface area (Å²) in [4.78, 5) is 24.2. The normalized spacial score (nSPS) is 13.2. The van der Waals surface area contributed by atoms with Crippen molar-refractivity contribution in [1.29, 1.82) is 0 Å². The third-order valence-corrected chi connectivity index (χ3v) is 6.05. The molecule has 0 aliphatic heterocycles. The van der Waals surface area contributed by atoms with Crippen molar-refractivity contribution in [2.45, 2.75) is 25.3 Å². The van der Waals surface area contributed by atoms with Crippen LogP contribution in [-0.2, 0) is 16.0 Å². The van der Waals surface area contributed by atoms with Crippen molar-refractivity contribution < 1.29 is 19.4 Å². The van der Waals surface area contributed by atoms with Crippen molar-refractivity contribution in [2.24, 2.45) is 0 Å². The molecule has 0 radical (unpaired) electrons. The van der Waals surface area contributed by atoms with Gasteiger partial charge in [-0.15, -0.1) is 0 Å². The summed E-state index contributed by atoms with van der Waals surface area (Å²) in [5, 5.41) is 12.5. The number of aryl methyl sites for hydroxylation is 1. The van der Waals surface area contributed by atoms with Gasteiger partial charge in [0.2, 0.25) is 0 Å². The molecule has 0 heterocycles. The number of nitrogens with one attached hydrogen (secondary N) is 1. The van der Waals surface area contributed by atoms with Gasteiger partial charge in [-0.3, -0.25) is 0 Å². The van der Waals surface area contributed by atoms with E-state index in [1.807, 2.05) is 49.4 Å². The van der Waals surface area contributed by atoms with Crippen molar-refractivity contribution in [3.05, 3.63) is 94.0 Å². The molecule has 2 N–H and O–H groups in total. The van der Waals surface area contributed by atoms with Crippen LogP contribution < -0.4 is 5.32 Å². The SMILES string of the molecule is Cc1cccc(Cl)c1CC(NC(=O)OCC1c2ccccc2-c2ccccc21)C(=O)O. The van der Waals surface area contributed by atoms with Crippen molar-refractivity contribution in [1.82, 2.24) is 5.32 Å². The Morgan fingerprint density at radius 3 is 2.19 bits per heavy atom. The largest absolute Gasteiger partial charge is 0.480 e. The summed E-state index contributed by atoms with van der Waals surface area (Å²) in [6.45, 7) is 1.98. The Morgan fingerprint density at radius 2 is 1.61 bits per heavy atom. The first-order chi connectivity index (χ1) is 15.0. The van der Waals surface area contributed by atoms with E-state index < -0.39 is 18.1 Å². The number of ether oxygens (including phenoxy) is 1. The van der Waals surface area contributed by atoms with Crippen molar-refractivity contribution in [3.8, 4) is 11.1 Å². The van der Waals surface area contributed by atoms with Crippen molar-refractivity contribution >= 4 is 23.7 Å². The highest BCUT2D eigenvalue weighted by Gasteiger charge is 2.30. The molecule has 1 unspecified atom stereocenters. The highest BCUT2D eigenvalue weighted by atomic mass is 35.5. The quantitative estimate of drug-likeness (QED) is 0.559. The maximum Gasteiger partial charge on any atom is 0.407 e.